The van der Waals surface area contributed by atoms with Gasteiger partial charge in [-0.05, 0) is 51.0 Å². The number of likely N-dealkylation sites (tertiary alicyclic amines) is 1. The van der Waals surface area contributed by atoms with Gasteiger partial charge in [-0.15, -0.1) is 0 Å². The summed E-state index contributed by atoms with van der Waals surface area (Å²) in [7, 11) is 0. The molecular formula is C16H29NO2. The molecule has 3 aliphatic rings. The zero-order chi connectivity index (χ0) is 13.1. The van der Waals surface area contributed by atoms with Gasteiger partial charge < -0.3 is 9.84 Å². The Hall–Kier alpha value is -0.120. The van der Waals surface area contributed by atoms with Gasteiger partial charge in [-0.25, -0.2) is 0 Å². The lowest BCUT2D eigenvalue weighted by Crippen LogP contribution is -2.48. The number of nitrogens with zero attached hydrogens (tertiary/aromatic N) is 1. The standard InChI is InChI=1S/C16H29NO2/c18-12-16(8-4-10-19-13-16)11-17-9-3-7-15(17)14-5-1-2-6-14/h14-15,18H,1-13H2. The van der Waals surface area contributed by atoms with Crippen molar-refractivity contribution in [2.24, 2.45) is 11.3 Å². The molecule has 0 aromatic carbocycles. The Morgan fingerprint density at radius 2 is 1.95 bits per heavy atom. The molecule has 0 amide bonds. The summed E-state index contributed by atoms with van der Waals surface area (Å²) in [4.78, 5) is 2.70. The Morgan fingerprint density at radius 3 is 2.63 bits per heavy atom. The quantitative estimate of drug-likeness (QED) is 0.849. The molecule has 0 aromatic rings. The summed E-state index contributed by atoms with van der Waals surface area (Å²) in [5.74, 6) is 0.933. The maximum Gasteiger partial charge on any atom is 0.0556 e. The Labute approximate surface area is 117 Å². The van der Waals surface area contributed by atoms with E-state index in [-0.39, 0.29) is 5.41 Å². The fourth-order valence-electron chi connectivity index (χ4n) is 4.56. The van der Waals surface area contributed by atoms with Crippen molar-refractivity contribution in [2.75, 3.05) is 32.9 Å². The van der Waals surface area contributed by atoms with E-state index in [1.54, 1.807) is 0 Å². The van der Waals surface area contributed by atoms with Crippen molar-refractivity contribution in [1.82, 2.24) is 4.90 Å². The predicted octanol–water partition coefficient (Wildman–Crippen LogP) is 2.43. The largest absolute Gasteiger partial charge is 0.396 e. The van der Waals surface area contributed by atoms with Crippen LogP contribution in [0.5, 0.6) is 0 Å². The Balaban J connectivity index is 1.63. The molecule has 1 aliphatic carbocycles. The van der Waals surface area contributed by atoms with E-state index in [1.807, 2.05) is 0 Å². The predicted molar refractivity (Wildman–Crippen MR) is 76.1 cm³/mol. The SMILES string of the molecule is OCC1(CN2CCCC2C2CCCC2)CCCOC1. The van der Waals surface area contributed by atoms with Crippen LogP contribution in [-0.2, 0) is 4.74 Å². The van der Waals surface area contributed by atoms with Crippen LogP contribution in [0.1, 0.15) is 51.4 Å². The van der Waals surface area contributed by atoms with Crippen molar-refractivity contribution in [3.63, 3.8) is 0 Å². The fraction of sp³-hybridized carbons (Fsp3) is 1.00. The van der Waals surface area contributed by atoms with E-state index in [9.17, 15) is 5.11 Å². The third kappa shape index (κ3) is 2.98. The smallest absolute Gasteiger partial charge is 0.0556 e. The van der Waals surface area contributed by atoms with Crippen LogP contribution in [0.2, 0.25) is 0 Å². The maximum absolute atomic E-state index is 9.85. The molecule has 0 spiro atoms. The zero-order valence-corrected chi connectivity index (χ0v) is 12.1. The first-order valence-electron chi connectivity index (χ1n) is 8.26. The number of rotatable bonds is 4. The number of hydrogen-bond acceptors (Lipinski definition) is 3. The number of hydrogen-bond donors (Lipinski definition) is 1. The second kappa shape index (κ2) is 6.11. The number of aliphatic hydroxyl groups excluding tert-OH is 1. The molecule has 2 aliphatic heterocycles. The monoisotopic (exact) mass is 267 g/mol. The normalized spacial score (nSPS) is 38.1. The molecule has 2 saturated heterocycles. The van der Waals surface area contributed by atoms with Gasteiger partial charge in [0.15, 0.2) is 0 Å². The minimum absolute atomic E-state index is 0.0272. The van der Waals surface area contributed by atoms with E-state index >= 15 is 0 Å². The molecule has 2 unspecified atom stereocenters. The van der Waals surface area contributed by atoms with Crippen LogP contribution < -0.4 is 0 Å². The van der Waals surface area contributed by atoms with Crippen molar-refractivity contribution in [3.8, 4) is 0 Å². The van der Waals surface area contributed by atoms with Crippen LogP contribution >= 0.6 is 0 Å². The molecule has 3 nitrogen and oxygen atoms in total. The first-order chi connectivity index (χ1) is 9.33. The van der Waals surface area contributed by atoms with Crippen molar-refractivity contribution in [3.05, 3.63) is 0 Å². The summed E-state index contributed by atoms with van der Waals surface area (Å²) in [6.45, 7) is 4.24. The second-order valence-corrected chi connectivity index (χ2v) is 7.04. The molecule has 1 N–H and O–H groups in total. The summed E-state index contributed by atoms with van der Waals surface area (Å²) in [6.07, 6.45) is 10.7. The topological polar surface area (TPSA) is 32.7 Å². The minimum Gasteiger partial charge on any atom is -0.396 e. The molecule has 0 bridgehead atoms. The van der Waals surface area contributed by atoms with E-state index in [1.165, 1.54) is 45.1 Å². The molecule has 110 valence electrons. The van der Waals surface area contributed by atoms with Crippen LogP contribution in [0.25, 0.3) is 0 Å². The Kier molecular flexibility index (Phi) is 4.45. The van der Waals surface area contributed by atoms with Crippen molar-refractivity contribution < 1.29 is 9.84 Å². The third-order valence-electron chi connectivity index (χ3n) is 5.64. The molecule has 19 heavy (non-hydrogen) atoms. The molecule has 3 heteroatoms. The van der Waals surface area contributed by atoms with Gasteiger partial charge in [-0.3, -0.25) is 4.90 Å². The summed E-state index contributed by atoms with van der Waals surface area (Å²) >= 11 is 0. The first kappa shape index (κ1) is 13.8. The van der Waals surface area contributed by atoms with Crippen LogP contribution in [0.3, 0.4) is 0 Å². The highest BCUT2D eigenvalue weighted by Crippen LogP contribution is 2.38. The van der Waals surface area contributed by atoms with Gasteiger partial charge in [0.05, 0.1) is 13.2 Å². The highest BCUT2D eigenvalue weighted by molar-refractivity contribution is 4.92. The Bertz CT molecular complexity index is 282. The molecular weight excluding hydrogens is 238 g/mol. The molecule has 2 heterocycles. The minimum atomic E-state index is 0.0272. The molecule has 0 aromatic heterocycles. The van der Waals surface area contributed by atoms with Crippen LogP contribution in [0.4, 0.5) is 0 Å². The average Bonchev–Trinajstić information content (AvgIpc) is 3.10. The molecule has 0 radical (unpaired) electrons. The molecule has 3 rings (SSSR count). The first-order valence-corrected chi connectivity index (χ1v) is 8.26. The summed E-state index contributed by atoms with van der Waals surface area (Å²) in [5.41, 5.74) is 0.0272. The lowest BCUT2D eigenvalue weighted by atomic mass is 9.82. The lowest BCUT2D eigenvalue weighted by Gasteiger charge is -2.41. The van der Waals surface area contributed by atoms with Gasteiger partial charge in [0.25, 0.3) is 0 Å². The van der Waals surface area contributed by atoms with Gasteiger partial charge in [-0.2, -0.15) is 0 Å². The third-order valence-corrected chi connectivity index (χ3v) is 5.64. The van der Waals surface area contributed by atoms with Gasteiger partial charge >= 0.3 is 0 Å². The fourth-order valence-corrected chi connectivity index (χ4v) is 4.56. The van der Waals surface area contributed by atoms with Gasteiger partial charge in [-0.1, -0.05) is 12.8 Å². The summed E-state index contributed by atoms with van der Waals surface area (Å²) in [5, 5.41) is 9.85. The van der Waals surface area contributed by atoms with E-state index in [0.717, 1.165) is 44.6 Å². The Morgan fingerprint density at radius 1 is 1.11 bits per heavy atom. The van der Waals surface area contributed by atoms with E-state index in [2.05, 4.69) is 4.90 Å². The highest BCUT2D eigenvalue weighted by atomic mass is 16.5. The van der Waals surface area contributed by atoms with Gasteiger partial charge in [0.2, 0.25) is 0 Å². The van der Waals surface area contributed by atoms with Crippen LogP contribution in [0.15, 0.2) is 0 Å². The van der Waals surface area contributed by atoms with Gasteiger partial charge in [0, 0.05) is 24.6 Å². The van der Waals surface area contributed by atoms with E-state index < -0.39 is 0 Å². The number of ether oxygens (including phenoxy) is 1. The molecule has 1 saturated carbocycles. The van der Waals surface area contributed by atoms with Crippen LogP contribution in [-0.4, -0.2) is 49.0 Å². The van der Waals surface area contributed by atoms with Crippen LogP contribution in [0, 0.1) is 11.3 Å². The maximum atomic E-state index is 9.85. The van der Waals surface area contributed by atoms with Gasteiger partial charge in [0.1, 0.15) is 0 Å². The number of aliphatic hydroxyl groups is 1. The average molecular weight is 267 g/mol. The summed E-state index contributed by atoms with van der Waals surface area (Å²) in [6, 6.07) is 0.799. The van der Waals surface area contributed by atoms with Crippen molar-refractivity contribution >= 4 is 0 Å². The summed E-state index contributed by atoms with van der Waals surface area (Å²) < 4.78 is 5.66. The zero-order valence-electron chi connectivity index (χ0n) is 12.1. The van der Waals surface area contributed by atoms with Crippen molar-refractivity contribution in [2.45, 2.75) is 57.4 Å². The highest BCUT2D eigenvalue weighted by Gasteiger charge is 2.40. The van der Waals surface area contributed by atoms with E-state index in [0.29, 0.717) is 6.61 Å². The lowest BCUT2D eigenvalue weighted by molar-refractivity contribution is -0.0595. The molecule has 2 atom stereocenters. The second-order valence-electron chi connectivity index (χ2n) is 7.04. The molecule has 3 fully saturated rings. The van der Waals surface area contributed by atoms with Crippen molar-refractivity contribution in [1.29, 1.82) is 0 Å². The van der Waals surface area contributed by atoms with E-state index in [4.69, 9.17) is 4.74 Å².